The van der Waals surface area contributed by atoms with Gasteiger partial charge in [0.1, 0.15) is 24.0 Å². The van der Waals surface area contributed by atoms with Crippen LogP contribution in [0.25, 0.3) is 0 Å². The molecule has 1 aromatic rings. The number of esters is 2. The maximum Gasteiger partial charge on any atom is 0.311 e. The van der Waals surface area contributed by atoms with Gasteiger partial charge in [-0.25, -0.2) is 8.78 Å². The molecule has 0 heterocycles. The molecule has 0 amide bonds. The van der Waals surface area contributed by atoms with Crippen molar-refractivity contribution in [2.75, 3.05) is 26.2 Å². The smallest absolute Gasteiger partial charge is 0.311 e. The zero-order valence-corrected chi connectivity index (χ0v) is 13.3. The zero-order valence-electron chi connectivity index (χ0n) is 13.3. The second kappa shape index (κ2) is 9.89. The van der Waals surface area contributed by atoms with E-state index in [-0.39, 0.29) is 25.2 Å². The lowest BCUT2D eigenvalue weighted by molar-refractivity contribution is -0.147. The van der Waals surface area contributed by atoms with Gasteiger partial charge in [0, 0.05) is 24.7 Å². The third-order valence-corrected chi connectivity index (χ3v) is 3.17. The van der Waals surface area contributed by atoms with Crippen LogP contribution < -0.4 is 4.74 Å². The van der Waals surface area contributed by atoms with E-state index in [0.29, 0.717) is 12.6 Å². The SMILES string of the molecule is CCN(CC)CCOC(=O)CCC(=O)Oc1cc(F)cc(F)c1. The molecule has 1 aromatic carbocycles. The van der Waals surface area contributed by atoms with E-state index >= 15 is 0 Å². The Hall–Kier alpha value is -2.02. The number of benzene rings is 1. The fourth-order valence-electron chi connectivity index (χ4n) is 1.87. The van der Waals surface area contributed by atoms with Crippen molar-refractivity contribution >= 4 is 11.9 Å². The van der Waals surface area contributed by atoms with Gasteiger partial charge in [-0.1, -0.05) is 13.8 Å². The lowest BCUT2D eigenvalue weighted by atomic mass is 10.3. The number of carbonyl (C=O) groups is 2. The Morgan fingerprint density at radius 3 is 2.13 bits per heavy atom. The van der Waals surface area contributed by atoms with Crippen LogP contribution in [0, 0.1) is 11.6 Å². The van der Waals surface area contributed by atoms with Crippen molar-refractivity contribution in [2.45, 2.75) is 26.7 Å². The van der Waals surface area contributed by atoms with Gasteiger partial charge in [-0.2, -0.15) is 0 Å². The molecule has 0 spiro atoms. The topological polar surface area (TPSA) is 55.8 Å². The predicted molar refractivity (Wildman–Crippen MR) is 80.0 cm³/mol. The molecular formula is C16H21F2NO4. The average molecular weight is 329 g/mol. The Labute approximate surface area is 134 Å². The molecule has 0 radical (unpaired) electrons. The van der Waals surface area contributed by atoms with Crippen LogP contribution in [0.3, 0.4) is 0 Å². The minimum absolute atomic E-state index is 0.144. The van der Waals surface area contributed by atoms with Crippen LogP contribution in [0.4, 0.5) is 8.78 Å². The number of ether oxygens (including phenoxy) is 2. The van der Waals surface area contributed by atoms with Gasteiger partial charge >= 0.3 is 11.9 Å². The van der Waals surface area contributed by atoms with Gasteiger partial charge in [0.15, 0.2) is 0 Å². The first kappa shape index (κ1) is 19.0. The van der Waals surface area contributed by atoms with Gasteiger partial charge in [-0.05, 0) is 13.1 Å². The predicted octanol–water partition coefficient (Wildman–Crippen LogP) is 2.54. The lowest BCUT2D eigenvalue weighted by Crippen LogP contribution is -2.28. The van der Waals surface area contributed by atoms with Crippen molar-refractivity contribution in [1.29, 1.82) is 0 Å². The minimum atomic E-state index is -0.844. The Bertz CT molecular complexity index is 513. The second-order valence-corrected chi connectivity index (χ2v) is 4.83. The molecule has 1 rings (SSSR count). The summed E-state index contributed by atoms with van der Waals surface area (Å²) in [6.07, 6.45) is -0.364. The summed E-state index contributed by atoms with van der Waals surface area (Å²) in [5, 5.41) is 0. The van der Waals surface area contributed by atoms with Gasteiger partial charge in [0.2, 0.25) is 0 Å². The number of rotatable bonds is 9. The van der Waals surface area contributed by atoms with E-state index in [0.717, 1.165) is 25.2 Å². The molecular weight excluding hydrogens is 308 g/mol. The highest BCUT2D eigenvalue weighted by Gasteiger charge is 2.12. The monoisotopic (exact) mass is 329 g/mol. The fraction of sp³-hybridized carbons (Fsp3) is 0.500. The summed E-state index contributed by atoms with van der Waals surface area (Å²) in [6, 6.07) is 2.46. The second-order valence-electron chi connectivity index (χ2n) is 4.83. The van der Waals surface area contributed by atoms with Crippen molar-refractivity contribution in [2.24, 2.45) is 0 Å². The van der Waals surface area contributed by atoms with Crippen LogP contribution in [0.5, 0.6) is 5.75 Å². The van der Waals surface area contributed by atoms with Crippen LogP contribution in [-0.4, -0.2) is 43.1 Å². The zero-order chi connectivity index (χ0) is 17.2. The summed E-state index contributed by atoms with van der Waals surface area (Å²) < 4.78 is 35.7. The maximum absolute atomic E-state index is 12.9. The standard InChI is InChI=1S/C16H21F2NO4/c1-3-19(4-2)7-8-22-15(20)5-6-16(21)23-14-10-12(17)9-13(18)11-14/h9-11H,3-8H2,1-2H3. The van der Waals surface area contributed by atoms with Crippen molar-refractivity contribution in [3.05, 3.63) is 29.8 Å². The van der Waals surface area contributed by atoms with E-state index in [9.17, 15) is 18.4 Å². The molecule has 0 saturated heterocycles. The molecule has 0 aliphatic heterocycles. The molecule has 128 valence electrons. The maximum atomic E-state index is 12.9. The van der Waals surface area contributed by atoms with Crippen molar-refractivity contribution in [1.82, 2.24) is 4.90 Å². The van der Waals surface area contributed by atoms with E-state index in [4.69, 9.17) is 9.47 Å². The Morgan fingerprint density at radius 2 is 1.57 bits per heavy atom. The summed E-state index contributed by atoms with van der Waals surface area (Å²) in [4.78, 5) is 25.1. The number of hydrogen-bond donors (Lipinski definition) is 0. The Morgan fingerprint density at radius 1 is 1.00 bits per heavy atom. The largest absolute Gasteiger partial charge is 0.464 e. The molecule has 0 atom stereocenters. The van der Waals surface area contributed by atoms with Crippen LogP contribution in [0.2, 0.25) is 0 Å². The van der Waals surface area contributed by atoms with Crippen LogP contribution in [0.15, 0.2) is 18.2 Å². The highest BCUT2D eigenvalue weighted by Crippen LogP contribution is 2.16. The van der Waals surface area contributed by atoms with E-state index in [1.807, 2.05) is 13.8 Å². The number of carbonyl (C=O) groups excluding carboxylic acids is 2. The first-order valence-corrected chi connectivity index (χ1v) is 7.49. The quantitative estimate of drug-likeness (QED) is 0.515. The molecule has 0 saturated carbocycles. The molecule has 23 heavy (non-hydrogen) atoms. The molecule has 0 aliphatic carbocycles. The van der Waals surface area contributed by atoms with Crippen LogP contribution in [-0.2, 0) is 14.3 Å². The first-order chi connectivity index (χ1) is 10.9. The van der Waals surface area contributed by atoms with E-state index in [2.05, 4.69) is 4.90 Å². The highest BCUT2D eigenvalue weighted by atomic mass is 19.1. The molecule has 5 nitrogen and oxygen atoms in total. The van der Waals surface area contributed by atoms with Gasteiger partial charge < -0.3 is 14.4 Å². The summed E-state index contributed by atoms with van der Waals surface area (Å²) in [6.45, 7) is 6.64. The number of likely N-dealkylation sites (N-methyl/N-ethyl adjacent to an activating group) is 1. The summed E-state index contributed by atoms with van der Waals surface area (Å²) in [5.74, 6) is -3.19. The first-order valence-electron chi connectivity index (χ1n) is 7.49. The number of nitrogens with zero attached hydrogens (tertiary/aromatic N) is 1. The Kier molecular flexibility index (Phi) is 8.18. The fourth-order valence-corrected chi connectivity index (χ4v) is 1.87. The van der Waals surface area contributed by atoms with Crippen LogP contribution >= 0.6 is 0 Å². The minimum Gasteiger partial charge on any atom is -0.464 e. The van der Waals surface area contributed by atoms with Gasteiger partial charge in [0.25, 0.3) is 0 Å². The van der Waals surface area contributed by atoms with Gasteiger partial charge in [-0.15, -0.1) is 0 Å². The molecule has 0 unspecified atom stereocenters. The molecule has 0 aliphatic rings. The molecule has 0 bridgehead atoms. The Balaban J connectivity index is 2.28. The molecule has 0 N–H and O–H groups in total. The highest BCUT2D eigenvalue weighted by molar-refractivity contribution is 5.79. The van der Waals surface area contributed by atoms with Crippen molar-refractivity contribution in [3.8, 4) is 5.75 Å². The van der Waals surface area contributed by atoms with E-state index < -0.39 is 23.6 Å². The number of hydrogen-bond acceptors (Lipinski definition) is 5. The molecule has 0 fully saturated rings. The van der Waals surface area contributed by atoms with E-state index in [1.54, 1.807) is 0 Å². The molecule has 7 heteroatoms. The van der Waals surface area contributed by atoms with Crippen LogP contribution in [0.1, 0.15) is 26.7 Å². The molecule has 0 aromatic heterocycles. The lowest BCUT2D eigenvalue weighted by Gasteiger charge is -2.17. The average Bonchev–Trinajstić information content (AvgIpc) is 2.48. The van der Waals surface area contributed by atoms with Crippen molar-refractivity contribution < 1.29 is 27.8 Å². The third-order valence-electron chi connectivity index (χ3n) is 3.17. The van der Waals surface area contributed by atoms with Gasteiger partial charge in [-0.3, -0.25) is 9.59 Å². The summed E-state index contributed by atoms with van der Waals surface area (Å²) >= 11 is 0. The summed E-state index contributed by atoms with van der Waals surface area (Å²) in [5.41, 5.74) is 0. The van der Waals surface area contributed by atoms with Gasteiger partial charge in [0.05, 0.1) is 12.8 Å². The van der Waals surface area contributed by atoms with Crippen molar-refractivity contribution in [3.63, 3.8) is 0 Å². The summed E-state index contributed by atoms with van der Waals surface area (Å²) in [7, 11) is 0. The van der Waals surface area contributed by atoms with E-state index in [1.165, 1.54) is 0 Å². The number of halogens is 2. The normalized spacial score (nSPS) is 10.7. The third kappa shape index (κ3) is 7.69.